The molecule has 0 fully saturated rings. The van der Waals surface area contributed by atoms with Crippen LogP contribution in [0.25, 0.3) is 6.08 Å². The van der Waals surface area contributed by atoms with Crippen LogP contribution in [0.15, 0.2) is 70.8 Å². The number of hydrogen-bond acceptors (Lipinski definition) is 6. The average molecular weight is 456 g/mol. The fraction of sp³-hybridized carbons (Fsp3) is 0.0455. The van der Waals surface area contributed by atoms with E-state index in [4.69, 9.17) is 16.3 Å². The number of thiophene rings is 1. The van der Waals surface area contributed by atoms with Gasteiger partial charge in [0.05, 0.1) is 13.3 Å². The monoisotopic (exact) mass is 455 g/mol. The van der Waals surface area contributed by atoms with Gasteiger partial charge in [0.15, 0.2) is 11.5 Å². The average Bonchev–Trinajstić information content (AvgIpc) is 3.29. The first-order valence-electron chi connectivity index (χ1n) is 8.99. The van der Waals surface area contributed by atoms with Crippen molar-refractivity contribution in [3.05, 3.63) is 86.7 Å². The van der Waals surface area contributed by atoms with Crippen molar-refractivity contribution in [1.29, 1.82) is 0 Å². The number of phenolic OH excluding ortho intramolecular Hbond substituents is 1. The summed E-state index contributed by atoms with van der Waals surface area (Å²) in [6, 6.07) is 15.1. The second kappa shape index (κ2) is 10.4. The number of nitrogens with zero attached hydrogens (tertiary/aromatic N) is 1. The molecule has 1 heterocycles. The number of rotatable bonds is 7. The van der Waals surface area contributed by atoms with Crippen molar-refractivity contribution < 1.29 is 19.4 Å². The quantitative estimate of drug-likeness (QED) is 0.284. The second-order valence-electron chi connectivity index (χ2n) is 6.14. The van der Waals surface area contributed by atoms with Crippen LogP contribution in [-0.4, -0.2) is 30.2 Å². The number of carbonyl (C=O) groups is 2. The molecule has 0 atom stereocenters. The van der Waals surface area contributed by atoms with Crippen LogP contribution in [0.1, 0.15) is 20.8 Å². The fourth-order valence-corrected chi connectivity index (χ4v) is 3.40. The molecular weight excluding hydrogens is 438 g/mol. The van der Waals surface area contributed by atoms with Gasteiger partial charge in [-0.05, 0) is 35.7 Å². The summed E-state index contributed by atoms with van der Waals surface area (Å²) in [5.41, 5.74) is 3.02. The topological polar surface area (TPSA) is 100 Å². The second-order valence-corrected chi connectivity index (χ2v) is 7.55. The number of hydrogen-bond donors (Lipinski definition) is 3. The van der Waals surface area contributed by atoms with Gasteiger partial charge in [0.2, 0.25) is 0 Å². The van der Waals surface area contributed by atoms with E-state index in [1.807, 2.05) is 17.5 Å². The van der Waals surface area contributed by atoms with Crippen LogP contribution in [-0.2, 0) is 4.79 Å². The van der Waals surface area contributed by atoms with Crippen molar-refractivity contribution in [3.8, 4) is 11.5 Å². The highest BCUT2D eigenvalue weighted by Crippen LogP contribution is 2.32. The molecule has 0 aliphatic rings. The van der Waals surface area contributed by atoms with Gasteiger partial charge in [0, 0.05) is 27.1 Å². The molecule has 0 spiro atoms. The summed E-state index contributed by atoms with van der Waals surface area (Å²) in [6.07, 6.45) is 2.78. The van der Waals surface area contributed by atoms with Gasteiger partial charge in [-0.2, -0.15) is 5.10 Å². The summed E-state index contributed by atoms with van der Waals surface area (Å²) in [5, 5.41) is 18.8. The molecule has 0 aliphatic carbocycles. The minimum Gasteiger partial charge on any atom is -0.504 e. The van der Waals surface area contributed by atoms with Crippen LogP contribution in [0.2, 0.25) is 5.02 Å². The molecule has 3 N–H and O–H groups in total. The van der Waals surface area contributed by atoms with Crippen LogP contribution >= 0.6 is 22.9 Å². The number of phenols is 1. The molecule has 3 aromatic rings. The lowest BCUT2D eigenvalue weighted by Gasteiger charge is -2.09. The number of hydrazone groups is 1. The molecule has 31 heavy (non-hydrogen) atoms. The fourth-order valence-electron chi connectivity index (χ4n) is 2.53. The predicted molar refractivity (Wildman–Crippen MR) is 122 cm³/mol. The van der Waals surface area contributed by atoms with Crippen molar-refractivity contribution in [2.45, 2.75) is 0 Å². The highest BCUT2D eigenvalue weighted by Gasteiger charge is 2.15. The maximum absolute atomic E-state index is 12.7. The molecule has 0 saturated carbocycles. The molecular formula is C22H18ClN3O4S. The summed E-state index contributed by atoms with van der Waals surface area (Å²) in [7, 11) is 1.39. The lowest BCUT2D eigenvalue weighted by Crippen LogP contribution is -2.32. The van der Waals surface area contributed by atoms with Gasteiger partial charge in [-0.25, -0.2) is 5.43 Å². The maximum Gasteiger partial charge on any atom is 0.287 e. The highest BCUT2D eigenvalue weighted by molar-refractivity contribution is 7.10. The predicted octanol–water partition coefficient (Wildman–Crippen LogP) is 4.04. The van der Waals surface area contributed by atoms with E-state index in [2.05, 4.69) is 15.8 Å². The van der Waals surface area contributed by atoms with Gasteiger partial charge in [-0.1, -0.05) is 35.9 Å². The summed E-state index contributed by atoms with van der Waals surface area (Å²) in [4.78, 5) is 26.0. The minimum atomic E-state index is -0.637. The molecule has 0 aliphatic heterocycles. The first-order valence-corrected chi connectivity index (χ1v) is 10.2. The van der Waals surface area contributed by atoms with E-state index in [1.165, 1.54) is 36.8 Å². The van der Waals surface area contributed by atoms with Crippen LogP contribution in [0, 0.1) is 0 Å². The number of methoxy groups -OCH3 is 1. The summed E-state index contributed by atoms with van der Waals surface area (Å²) >= 11 is 7.40. The van der Waals surface area contributed by atoms with Gasteiger partial charge < -0.3 is 15.2 Å². The Morgan fingerprint density at radius 3 is 2.61 bits per heavy atom. The van der Waals surface area contributed by atoms with Gasteiger partial charge in [-0.3, -0.25) is 9.59 Å². The zero-order chi connectivity index (χ0) is 22.2. The van der Waals surface area contributed by atoms with Gasteiger partial charge in [-0.15, -0.1) is 11.3 Å². The van der Waals surface area contributed by atoms with E-state index in [-0.39, 0.29) is 22.8 Å². The maximum atomic E-state index is 12.7. The van der Waals surface area contributed by atoms with Gasteiger partial charge >= 0.3 is 0 Å². The number of ether oxygens (including phenoxy) is 1. The first kappa shape index (κ1) is 22.1. The zero-order valence-electron chi connectivity index (χ0n) is 16.3. The van der Waals surface area contributed by atoms with E-state index >= 15 is 0 Å². The third kappa shape index (κ3) is 5.94. The lowest BCUT2D eigenvalue weighted by molar-refractivity contribution is -0.117. The van der Waals surface area contributed by atoms with E-state index < -0.39 is 11.8 Å². The van der Waals surface area contributed by atoms with Crippen LogP contribution in [0.3, 0.4) is 0 Å². The molecule has 0 unspecified atom stereocenters. The SMILES string of the molecule is COc1cc(Cl)cc(/C=N/NC(=O)C(=Cc2cccs2)NC(=O)c2ccccc2)c1O. The molecule has 2 aromatic carbocycles. The number of benzene rings is 2. The Labute approximate surface area is 187 Å². The van der Waals surface area contributed by atoms with E-state index in [0.29, 0.717) is 10.6 Å². The Morgan fingerprint density at radius 2 is 1.94 bits per heavy atom. The number of halogens is 1. The normalized spacial score (nSPS) is 11.4. The minimum absolute atomic E-state index is 0.0151. The summed E-state index contributed by atoms with van der Waals surface area (Å²) < 4.78 is 5.04. The summed E-state index contributed by atoms with van der Waals surface area (Å²) in [5.74, 6) is -1.06. The number of carbonyl (C=O) groups excluding carboxylic acids is 2. The Kier molecular flexibility index (Phi) is 7.42. The Balaban J connectivity index is 1.79. The molecule has 1 aromatic heterocycles. The number of amides is 2. The van der Waals surface area contributed by atoms with Crippen molar-refractivity contribution in [2.75, 3.05) is 7.11 Å². The Morgan fingerprint density at radius 1 is 1.16 bits per heavy atom. The molecule has 7 nitrogen and oxygen atoms in total. The number of aromatic hydroxyl groups is 1. The first-order chi connectivity index (χ1) is 15.0. The highest BCUT2D eigenvalue weighted by atomic mass is 35.5. The third-order valence-corrected chi connectivity index (χ3v) is 5.05. The Bertz CT molecular complexity index is 1130. The molecule has 158 valence electrons. The van der Waals surface area contributed by atoms with E-state index in [0.717, 1.165) is 4.88 Å². The number of nitrogens with one attached hydrogen (secondary N) is 2. The van der Waals surface area contributed by atoms with Gasteiger partial charge in [0.1, 0.15) is 5.70 Å². The molecule has 0 radical (unpaired) electrons. The van der Waals surface area contributed by atoms with Crippen molar-refractivity contribution in [1.82, 2.24) is 10.7 Å². The van der Waals surface area contributed by atoms with Gasteiger partial charge in [0.25, 0.3) is 11.8 Å². The van der Waals surface area contributed by atoms with Crippen LogP contribution < -0.4 is 15.5 Å². The van der Waals surface area contributed by atoms with Crippen molar-refractivity contribution >= 4 is 47.0 Å². The third-order valence-electron chi connectivity index (χ3n) is 4.02. The standard InChI is InChI=1S/C22H18ClN3O4S/c1-30-19-11-16(23)10-15(20(19)27)13-24-26-22(29)18(12-17-8-5-9-31-17)25-21(28)14-6-3-2-4-7-14/h2-13,27H,1H3,(H,25,28)(H,26,29)/b18-12?,24-13+. The molecule has 0 saturated heterocycles. The Hall–Kier alpha value is -3.62. The largest absolute Gasteiger partial charge is 0.504 e. The molecule has 0 bridgehead atoms. The smallest absolute Gasteiger partial charge is 0.287 e. The van der Waals surface area contributed by atoms with E-state index in [9.17, 15) is 14.7 Å². The zero-order valence-corrected chi connectivity index (χ0v) is 17.9. The molecule has 9 heteroatoms. The molecule has 2 amide bonds. The van der Waals surface area contributed by atoms with E-state index in [1.54, 1.807) is 36.4 Å². The van der Waals surface area contributed by atoms with Crippen molar-refractivity contribution in [3.63, 3.8) is 0 Å². The van der Waals surface area contributed by atoms with Crippen LogP contribution in [0.5, 0.6) is 11.5 Å². The molecule has 3 rings (SSSR count). The van der Waals surface area contributed by atoms with Crippen molar-refractivity contribution in [2.24, 2.45) is 5.10 Å². The van der Waals surface area contributed by atoms with Crippen LogP contribution in [0.4, 0.5) is 0 Å². The lowest BCUT2D eigenvalue weighted by atomic mass is 10.2. The summed E-state index contributed by atoms with van der Waals surface area (Å²) in [6.45, 7) is 0.